The van der Waals surface area contributed by atoms with Crippen molar-refractivity contribution in [3.05, 3.63) is 29.8 Å². The molecule has 0 radical (unpaired) electrons. The number of rotatable bonds is 8. The Morgan fingerprint density at radius 2 is 1.85 bits per heavy atom. The third-order valence-electron chi connectivity index (χ3n) is 5.00. The van der Waals surface area contributed by atoms with Crippen molar-refractivity contribution in [2.45, 2.75) is 57.9 Å². The number of nitrogens with one attached hydrogen (secondary N) is 2. The van der Waals surface area contributed by atoms with Crippen molar-refractivity contribution in [1.82, 2.24) is 10.6 Å². The van der Waals surface area contributed by atoms with Gasteiger partial charge in [0.2, 0.25) is 0 Å². The summed E-state index contributed by atoms with van der Waals surface area (Å²) in [5.74, 6) is 1.54. The maximum atomic E-state index is 11.5. The second kappa shape index (κ2) is 8.89. The van der Waals surface area contributed by atoms with E-state index in [2.05, 4.69) is 36.4 Å². The van der Waals surface area contributed by atoms with E-state index in [1.165, 1.54) is 31.9 Å². The Balaban J connectivity index is 1.98. The Bertz CT molecular complexity index is 705. The molecular weight excluding hydrogens is 346 g/mol. The molecule has 0 heterocycles. The summed E-state index contributed by atoms with van der Waals surface area (Å²) in [6.45, 7) is 8.95. The van der Waals surface area contributed by atoms with Gasteiger partial charge in [0, 0.05) is 19.3 Å². The van der Waals surface area contributed by atoms with E-state index in [1.54, 1.807) is 12.1 Å². The topological polar surface area (TPSA) is 70.6 Å². The Kier molecular flexibility index (Phi) is 7.09. The first-order valence-electron chi connectivity index (χ1n) is 9.55. The van der Waals surface area contributed by atoms with Gasteiger partial charge in [0.25, 0.3) is 0 Å². The van der Waals surface area contributed by atoms with Gasteiger partial charge < -0.3 is 10.6 Å². The van der Waals surface area contributed by atoms with Crippen molar-refractivity contribution in [2.75, 3.05) is 19.3 Å². The highest BCUT2D eigenvalue weighted by Crippen LogP contribution is 2.45. The predicted octanol–water partition coefficient (Wildman–Crippen LogP) is 3.36. The minimum absolute atomic E-state index is 0.343. The molecule has 146 valence electrons. The third kappa shape index (κ3) is 6.01. The van der Waals surface area contributed by atoms with E-state index in [1.807, 2.05) is 12.1 Å². The zero-order chi connectivity index (χ0) is 19.2. The summed E-state index contributed by atoms with van der Waals surface area (Å²) in [5.41, 5.74) is 1.41. The van der Waals surface area contributed by atoms with Crippen LogP contribution in [0.3, 0.4) is 0 Å². The number of hydrogen-bond donors (Lipinski definition) is 2. The van der Waals surface area contributed by atoms with Crippen LogP contribution in [0, 0.1) is 11.3 Å². The average Bonchev–Trinajstić information content (AvgIpc) is 2.53. The van der Waals surface area contributed by atoms with Gasteiger partial charge in [-0.15, -0.1) is 0 Å². The van der Waals surface area contributed by atoms with Crippen molar-refractivity contribution in [1.29, 1.82) is 0 Å². The summed E-state index contributed by atoms with van der Waals surface area (Å²) >= 11 is 0. The third-order valence-corrected chi connectivity index (χ3v) is 6.13. The molecule has 0 aromatic heterocycles. The van der Waals surface area contributed by atoms with Crippen molar-refractivity contribution >= 4 is 15.8 Å². The molecule has 6 heteroatoms. The quantitative estimate of drug-likeness (QED) is 0.537. The fourth-order valence-corrected chi connectivity index (χ4v) is 4.25. The molecule has 0 bridgehead atoms. The lowest BCUT2D eigenvalue weighted by molar-refractivity contribution is 0.104. The molecule has 1 aromatic carbocycles. The minimum atomic E-state index is -3.15. The maximum Gasteiger partial charge on any atom is 0.191 e. The van der Waals surface area contributed by atoms with Gasteiger partial charge in [0.05, 0.1) is 11.4 Å². The van der Waals surface area contributed by atoms with E-state index in [-0.39, 0.29) is 0 Å². The molecule has 1 aromatic rings. The summed E-state index contributed by atoms with van der Waals surface area (Å²) in [6.07, 6.45) is 6.40. The van der Waals surface area contributed by atoms with E-state index in [0.29, 0.717) is 22.8 Å². The average molecular weight is 380 g/mol. The molecule has 1 fully saturated rings. The number of guanidine groups is 1. The number of hydrogen-bond acceptors (Lipinski definition) is 3. The molecule has 0 amide bonds. The van der Waals surface area contributed by atoms with Gasteiger partial charge in [-0.05, 0) is 55.2 Å². The van der Waals surface area contributed by atoms with Crippen LogP contribution >= 0.6 is 0 Å². The zero-order valence-corrected chi connectivity index (χ0v) is 17.3. The smallest absolute Gasteiger partial charge is 0.191 e. The maximum absolute atomic E-state index is 11.5. The Morgan fingerprint density at radius 3 is 2.31 bits per heavy atom. The van der Waals surface area contributed by atoms with E-state index in [4.69, 9.17) is 0 Å². The van der Waals surface area contributed by atoms with Gasteiger partial charge in [-0.2, -0.15) is 0 Å². The Morgan fingerprint density at radius 1 is 1.19 bits per heavy atom. The molecule has 1 saturated carbocycles. The van der Waals surface area contributed by atoms with Crippen LogP contribution in [0.4, 0.5) is 0 Å². The number of sulfone groups is 1. The van der Waals surface area contributed by atoms with Crippen LogP contribution in [-0.4, -0.2) is 33.7 Å². The second-order valence-corrected chi connectivity index (χ2v) is 9.93. The van der Waals surface area contributed by atoms with Crippen molar-refractivity contribution < 1.29 is 8.42 Å². The summed E-state index contributed by atoms with van der Waals surface area (Å²) in [4.78, 5) is 5.00. The van der Waals surface area contributed by atoms with Gasteiger partial charge in [0.15, 0.2) is 15.8 Å². The fraction of sp³-hybridized carbons (Fsp3) is 0.650. The van der Waals surface area contributed by atoms with Crippen LogP contribution < -0.4 is 10.6 Å². The van der Waals surface area contributed by atoms with Crippen LogP contribution in [0.1, 0.15) is 52.0 Å². The first-order valence-corrected chi connectivity index (χ1v) is 11.4. The molecule has 2 N–H and O–H groups in total. The van der Waals surface area contributed by atoms with Crippen LogP contribution in [0.25, 0.3) is 0 Å². The molecule has 2 rings (SSSR count). The Labute approximate surface area is 158 Å². The van der Waals surface area contributed by atoms with Crippen LogP contribution in [0.15, 0.2) is 34.2 Å². The zero-order valence-electron chi connectivity index (χ0n) is 16.5. The van der Waals surface area contributed by atoms with Gasteiger partial charge in [0.1, 0.15) is 0 Å². The molecule has 0 unspecified atom stereocenters. The van der Waals surface area contributed by atoms with Crippen molar-refractivity contribution in [3.63, 3.8) is 0 Å². The monoisotopic (exact) mass is 379 g/mol. The summed E-state index contributed by atoms with van der Waals surface area (Å²) in [7, 11) is -3.15. The van der Waals surface area contributed by atoms with Crippen LogP contribution in [-0.2, 0) is 16.4 Å². The Hall–Kier alpha value is -1.56. The van der Waals surface area contributed by atoms with E-state index < -0.39 is 9.84 Å². The first kappa shape index (κ1) is 20.7. The summed E-state index contributed by atoms with van der Waals surface area (Å²) in [6, 6.07) is 6.95. The molecule has 0 saturated heterocycles. The molecular formula is C20H33N3O2S. The standard InChI is InChI=1S/C20H33N3O2S/c1-5-21-19(23-15-20(11-6-12-20)13-16(2)3)22-14-17-7-9-18(10-8-17)26(4,24)25/h7-10,16H,5-6,11-15H2,1-4H3,(H2,21,22,23). The minimum Gasteiger partial charge on any atom is -0.357 e. The predicted molar refractivity (Wildman–Crippen MR) is 108 cm³/mol. The lowest BCUT2D eigenvalue weighted by atomic mass is 9.64. The molecule has 1 aliphatic carbocycles. The lowest BCUT2D eigenvalue weighted by Crippen LogP contribution is -2.47. The highest BCUT2D eigenvalue weighted by molar-refractivity contribution is 7.90. The van der Waals surface area contributed by atoms with Crippen LogP contribution in [0.2, 0.25) is 0 Å². The highest BCUT2D eigenvalue weighted by Gasteiger charge is 2.37. The normalized spacial score (nSPS) is 17.0. The molecule has 0 atom stereocenters. The van der Waals surface area contributed by atoms with Crippen molar-refractivity contribution in [3.8, 4) is 0 Å². The fourth-order valence-electron chi connectivity index (χ4n) is 3.62. The molecule has 26 heavy (non-hydrogen) atoms. The second-order valence-electron chi connectivity index (χ2n) is 7.92. The number of nitrogens with zero attached hydrogens (tertiary/aromatic N) is 1. The molecule has 1 aliphatic rings. The van der Waals surface area contributed by atoms with E-state index in [9.17, 15) is 8.42 Å². The molecule has 5 nitrogen and oxygen atoms in total. The van der Waals surface area contributed by atoms with E-state index in [0.717, 1.165) is 24.6 Å². The van der Waals surface area contributed by atoms with Crippen molar-refractivity contribution in [2.24, 2.45) is 16.3 Å². The van der Waals surface area contributed by atoms with Gasteiger partial charge in [-0.3, -0.25) is 0 Å². The van der Waals surface area contributed by atoms with Gasteiger partial charge >= 0.3 is 0 Å². The van der Waals surface area contributed by atoms with Gasteiger partial charge in [-0.1, -0.05) is 32.4 Å². The number of aliphatic imine (C=N–C) groups is 1. The van der Waals surface area contributed by atoms with Crippen LogP contribution in [0.5, 0.6) is 0 Å². The molecule has 0 spiro atoms. The van der Waals surface area contributed by atoms with E-state index >= 15 is 0 Å². The first-order chi connectivity index (χ1) is 12.2. The lowest BCUT2D eigenvalue weighted by Gasteiger charge is -2.43. The largest absolute Gasteiger partial charge is 0.357 e. The molecule has 0 aliphatic heterocycles. The SMILES string of the molecule is CCNC(=NCc1ccc(S(C)(=O)=O)cc1)NCC1(CC(C)C)CCC1. The van der Waals surface area contributed by atoms with Gasteiger partial charge in [-0.25, -0.2) is 13.4 Å². The number of benzene rings is 1. The highest BCUT2D eigenvalue weighted by atomic mass is 32.2. The summed E-state index contributed by atoms with van der Waals surface area (Å²) < 4.78 is 23.1. The summed E-state index contributed by atoms with van der Waals surface area (Å²) in [5, 5.41) is 6.82.